The van der Waals surface area contributed by atoms with Crippen molar-refractivity contribution in [2.24, 2.45) is 11.1 Å². The van der Waals surface area contributed by atoms with Crippen LogP contribution >= 0.6 is 0 Å². The highest BCUT2D eigenvalue weighted by Crippen LogP contribution is 2.38. The topological polar surface area (TPSA) is 60.2 Å². The monoisotopic (exact) mass is 339 g/mol. The van der Waals surface area contributed by atoms with E-state index in [2.05, 4.69) is 12.2 Å². The van der Waals surface area contributed by atoms with Crippen molar-refractivity contribution in [3.63, 3.8) is 0 Å². The Labute approximate surface area is 145 Å². The van der Waals surface area contributed by atoms with Gasteiger partial charge in [0, 0.05) is 16.6 Å². The molecule has 0 heterocycles. The highest BCUT2D eigenvalue weighted by atomic mass is 32.2. The Kier molecular flexibility index (Phi) is 4.41. The first-order valence-electron chi connectivity index (χ1n) is 7.93. The van der Waals surface area contributed by atoms with E-state index in [1.165, 1.54) is 0 Å². The van der Waals surface area contributed by atoms with E-state index in [0.29, 0.717) is 0 Å². The largest absolute Gasteiger partial charge is 0.369 e. The Bertz CT molecular complexity index is 790. The van der Waals surface area contributed by atoms with Gasteiger partial charge in [-0.05, 0) is 22.3 Å². The zero-order valence-corrected chi connectivity index (χ0v) is 14.7. The number of fused-ring (bicyclic) bond motifs is 2. The molecule has 1 atom stereocenters. The number of nitrogens with two attached hydrogens (primary N) is 1. The van der Waals surface area contributed by atoms with Gasteiger partial charge in [0.2, 0.25) is 5.91 Å². The van der Waals surface area contributed by atoms with Crippen LogP contribution < -0.4 is 5.73 Å². The molecular formula is C20H21NO2S. The summed E-state index contributed by atoms with van der Waals surface area (Å²) in [6, 6.07) is 16.0. The van der Waals surface area contributed by atoms with Crippen LogP contribution in [0.15, 0.2) is 48.5 Å². The molecule has 0 radical (unpaired) electrons. The average Bonchev–Trinajstić information content (AvgIpc) is 2.71. The first-order chi connectivity index (χ1) is 11.4. The minimum atomic E-state index is -1.27. The number of benzene rings is 2. The lowest BCUT2D eigenvalue weighted by Crippen LogP contribution is -2.37. The molecule has 1 aliphatic rings. The summed E-state index contributed by atoms with van der Waals surface area (Å²) in [5, 5.41) is -0.272. The predicted octanol–water partition coefficient (Wildman–Crippen LogP) is 3.52. The fourth-order valence-corrected chi connectivity index (χ4v) is 4.96. The van der Waals surface area contributed by atoms with Gasteiger partial charge < -0.3 is 5.73 Å². The summed E-state index contributed by atoms with van der Waals surface area (Å²) in [5.41, 5.74) is 8.84. The van der Waals surface area contributed by atoms with Gasteiger partial charge in [-0.1, -0.05) is 74.5 Å². The average molecular weight is 339 g/mol. The molecule has 0 saturated heterocycles. The van der Waals surface area contributed by atoms with Crippen LogP contribution in [0.3, 0.4) is 0 Å². The van der Waals surface area contributed by atoms with Crippen molar-refractivity contribution < 1.29 is 9.00 Å². The third kappa shape index (κ3) is 3.06. The number of carbonyl (C=O) groups is 1. The fourth-order valence-electron chi connectivity index (χ4n) is 2.94. The Morgan fingerprint density at radius 3 is 1.92 bits per heavy atom. The van der Waals surface area contributed by atoms with Crippen LogP contribution in [0.2, 0.25) is 0 Å². The second kappa shape index (κ2) is 6.36. The van der Waals surface area contributed by atoms with E-state index in [-0.39, 0.29) is 11.0 Å². The molecular weight excluding hydrogens is 318 g/mol. The molecule has 0 fully saturated rings. The molecule has 0 saturated carbocycles. The second-order valence-corrected chi connectivity index (χ2v) is 8.27. The van der Waals surface area contributed by atoms with Crippen molar-refractivity contribution >= 4 is 28.9 Å². The third-order valence-electron chi connectivity index (χ3n) is 4.43. The molecule has 0 spiro atoms. The van der Waals surface area contributed by atoms with Crippen molar-refractivity contribution in [1.82, 2.24) is 0 Å². The third-order valence-corrected chi connectivity index (χ3v) is 6.47. The van der Waals surface area contributed by atoms with Crippen molar-refractivity contribution in [3.05, 3.63) is 70.8 Å². The molecule has 2 aromatic rings. The lowest BCUT2D eigenvalue weighted by Gasteiger charge is -2.25. The quantitative estimate of drug-likeness (QED) is 0.926. The van der Waals surface area contributed by atoms with Gasteiger partial charge in [0.05, 0.1) is 10.7 Å². The summed E-state index contributed by atoms with van der Waals surface area (Å²) in [5.74, 6) is -0.195. The SMILES string of the molecule is CC(C)(CS(=O)C1c2ccccc2C=Cc2ccccc21)C(N)=O. The first-order valence-corrected chi connectivity index (χ1v) is 9.31. The summed E-state index contributed by atoms with van der Waals surface area (Å²) in [6.45, 7) is 3.50. The van der Waals surface area contributed by atoms with Crippen LogP contribution in [0.1, 0.15) is 41.4 Å². The Hall–Kier alpha value is -2.20. The van der Waals surface area contributed by atoms with Gasteiger partial charge in [-0.2, -0.15) is 0 Å². The lowest BCUT2D eigenvalue weighted by molar-refractivity contribution is -0.124. The number of hydrogen-bond acceptors (Lipinski definition) is 2. The van der Waals surface area contributed by atoms with Gasteiger partial charge in [-0.25, -0.2) is 0 Å². The highest BCUT2D eigenvalue weighted by Gasteiger charge is 2.33. The molecule has 24 heavy (non-hydrogen) atoms. The van der Waals surface area contributed by atoms with Gasteiger partial charge in [0.1, 0.15) is 0 Å². The van der Waals surface area contributed by atoms with Gasteiger partial charge >= 0.3 is 0 Å². The summed E-state index contributed by atoms with van der Waals surface area (Å²) < 4.78 is 13.3. The molecule has 2 aromatic carbocycles. The normalized spacial score (nSPS) is 15.2. The Morgan fingerprint density at radius 1 is 1.00 bits per heavy atom. The number of rotatable bonds is 4. The van der Waals surface area contributed by atoms with Crippen molar-refractivity contribution in [3.8, 4) is 0 Å². The van der Waals surface area contributed by atoms with E-state index in [0.717, 1.165) is 22.3 Å². The van der Waals surface area contributed by atoms with Crippen molar-refractivity contribution in [2.45, 2.75) is 19.1 Å². The zero-order valence-electron chi connectivity index (χ0n) is 13.9. The first kappa shape index (κ1) is 16.7. The van der Waals surface area contributed by atoms with E-state index in [9.17, 15) is 9.00 Å². The molecule has 0 bridgehead atoms. The van der Waals surface area contributed by atoms with Crippen LogP contribution in [0.5, 0.6) is 0 Å². The van der Waals surface area contributed by atoms with Crippen LogP contribution in [0, 0.1) is 5.41 Å². The number of carbonyl (C=O) groups excluding carboxylic acids is 1. The lowest BCUT2D eigenvalue weighted by atomic mass is 9.96. The second-order valence-electron chi connectivity index (χ2n) is 6.74. The van der Waals surface area contributed by atoms with E-state index in [1.54, 1.807) is 13.8 Å². The summed E-state index contributed by atoms with van der Waals surface area (Å²) in [6.07, 6.45) is 4.12. The minimum absolute atomic E-state index is 0.232. The van der Waals surface area contributed by atoms with Gasteiger partial charge in [0.25, 0.3) is 0 Å². The summed E-state index contributed by atoms with van der Waals surface area (Å²) >= 11 is 0. The van der Waals surface area contributed by atoms with Gasteiger partial charge in [-0.3, -0.25) is 9.00 Å². The van der Waals surface area contributed by atoms with E-state index >= 15 is 0 Å². The molecule has 3 rings (SSSR count). The van der Waals surface area contributed by atoms with E-state index < -0.39 is 22.1 Å². The summed E-state index contributed by atoms with van der Waals surface area (Å²) in [7, 11) is -1.27. The summed E-state index contributed by atoms with van der Waals surface area (Å²) in [4.78, 5) is 11.7. The van der Waals surface area contributed by atoms with Crippen LogP contribution in [0.25, 0.3) is 12.2 Å². The number of amides is 1. The van der Waals surface area contributed by atoms with Crippen LogP contribution in [-0.4, -0.2) is 15.9 Å². The molecule has 2 N–H and O–H groups in total. The van der Waals surface area contributed by atoms with E-state index in [4.69, 9.17) is 5.73 Å². The molecule has 1 amide bonds. The molecule has 3 nitrogen and oxygen atoms in total. The van der Waals surface area contributed by atoms with Crippen molar-refractivity contribution in [2.75, 3.05) is 5.75 Å². The standard InChI is InChI=1S/C20H21NO2S/c1-20(2,19(21)22)13-24(23)18-16-9-5-3-7-14(16)11-12-15-8-4-6-10-17(15)18/h3-12,18H,13H2,1-2H3,(H2,21,22). The molecule has 1 unspecified atom stereocenters. The van der Waals surface area contributed by atoms with E-state index in [1.807, 2.05) is 48.5 Å². The maximum absolute atomic E-state index is 13.3. The maximum Gasteiger partial charge on any atom is 0.224 e. The smallest absolute Gasteiger partial charge is 0.224 e. The minimum Gasteiger partial charge on any atom is -0.369 e. The highest BCUT2D eigenvalue weighted by molar-refractivity contribution is 7.85. The van der Waals surface area contributed by atoms with Gasteiger partial charge in [0.15, 0.2) is 0 Å². The molecule has 0 aromatic heterocycles. The molecule has 124 valence electrons. The maximum atomic E-state index is 13.3. The predicted molar refractivity (Wildman–Crippen MR) is 99.6 cm³/mol. The van der Waals surface area contributed by atoms with Gasteiger partial charge in [-0.15, -0.1) is 0 Å². The van der Waals surface area contributed by atoms with Crippen molar-refractivity contribution in [1.29, 1.82) is 0 Å². The number of primary amides is 1. The molecule has 1 aliphatic carbocycles. The van der Waals surface area contributed by atoms with Crippen LogP contribution in [-0.2, 0) is 15.6 Å². The molecule has 0 aliphatic heterocycles. The number of hydrogen-bond donors (Lipinski definition) is 1. The zero-order chi connectivity index (χ0) is 17.3. The Morgan fingerprint density at radius 2 is 1.46 bits per heavy atom. The molecule has 4 heteroatoms. The Balaban J connectivity index is 2.11. The van der Waals surface area contributed by atoms with Crippen LogP contribution in [0.4, 0.5) is 0 Å². The fraction of sp³-hybridized carbons (Fsp3) is 0.250.